The molecule has 0 aliphatic rings. The van der Waals surface area contributed by atoms with Gasteiger partial charge in [0, 0.05) is 29.7 Å². The highest BCUT2D eigenvalue weighted by Gasteiger charge is 2.14. The molecule has 0 amide bonds. The van der Waals surface area contributed by atoms with Crippen molar-refractivity contribution in [2.24, 2.45) is 5.73 Å². The molecule has 106 valence electrons. The fourth-order valence-electron chi connectivity index (χ4n) is 2.30. The van der Waals surface area contributed by atoms with E-state index in [4.69, 9.17) is 10.5 Å². The Hall–Kier alpha value is -1.65. The van der Waals surface area contributed by atoms with Crippen molar-refractivity contribution in [2.45, 2.75) is 11.4 Å². The number of rotatable bonds is 5. The summed E-state index contributed by atoms with van der Waals surface area (Å²) in [7, 11) is 3.73. The van der Waals surface area contributed by atoms with Crippen molar-refractivity contribution in [1.29, 1.82) is 0 Å². The summed E-state index contributed by atoms with van der Waals surface area (Å²) in [4.78, 5) is 3.34. The zero-order chi connectivity index (χ0) is 14.5. The number of para-hydroxylation sites is 2. The van der Waals surface area contributed by atoms with Gasteiger partial charge in [-0.05, 0) is 30.5 Å². The third kappa shape index (κ3) is 2.76. The molecule has 2 N–H and O–H groups in total. The summed E-state index contributed by atoms with van der Waals surface area (Å²) in [6, 6.07) is 14.2. The topological polar surface area (TPSA) is 38.5 Å². The summed E-state index contributed by atoms with van der Waals surface area (Å²) >= 11 is 1.72. The lowest BCUT2D eigenvalue weighted by Crippen LogP contribution is -2.15. The Bertz CT molecular complexity index is 586. The van der Waals surface area contributed by atoms with E-state index in [1.54, 1.807) is 18.9 Å². The first-order valence-corrected chi connectivity index (χ1v) is 7.68. The first-order valence-electron chi connectivity index (χ1n) is 6.45. The van der Waals surface area contributed by atoms with Crippen molar-refractivity contribution < 1.29 is 4.74 Å². The van der Waals surface area contributed by atoms with E-state index in [2.05, 4.69) is 29.4 Å². The summed E-state index contributed by atoms with van der Waals surface area (Å²) in [6.07, 6.45) is 2.07. The third-order valence-corrected chi connectivity index (χ3v) is 4.16. The van der Waals surface area contributed by atoms with Crippen LogP contribution in [0.5, 0.6) is 5.75 Å². The van der Waals surface area contributed by atoms with Gasteiger partial charge in [-0.1, -0.05) is 18.2 Å². The number of benzene rings is 2. The molecule has 2 aromatic rings. The lowest BCUT2D eigenvalue weighted by atomic mass is 10.1. The second-order valence-corrected chi connectivity index (χ2v) is 5.24. The fraction of sp³-hybridized carbons (Fsp3) is 0.250. The SMILES string of the molecule is COc1ccccc1N(C)c1cccc(SC)c1CN. The molecule has 2 aromatic carbocycles. The van der Waals surface area contributed by atoms with Gasteiger partial charge in [-0.3, -0.25) is 0 Å². The average molecular weight is 288 g/mol. The van der Waals surface area contributed by atoms with Crippen molar-refractivity contribution in [3.63, 3.8) is 0 Å². The highest BCUT2D eigenvalue weighted by Crippen LogP contribution is 2.36. The van der Waals surface area contributed by atoms with Gasteiger partial charge in [-0.15, -0.1) is 11.8 Å². The molecule has 0 aliphatic carbocycles. The minimum Gasteiger partial charge on any atom is -0.495 e. The average Bonchev–Trinajstić information content (AvgIpc) is 2.53. The van der Waals surface area contributed by atoms with Gasteiger partial charge in [-0.2, -0.15) is 0 Å². The van der Waals surface area contributed by atoms with Crippen LogP contribution < -0.4 is 15.4 Å². The van der Waals surface area contributed by atoms with Gasteiger partial charge in [0.05, 0.1) is 12.8 Å². The zero-order valence-electron chi connectivity index (χ0n) is 12.1. The maximum absolute atomic E-state index is 5.94. The number of nitrogens with two attached hydrogens (primary N) is 1. The van der Waals surface area contributed by atoms with E-state index in [1.807, 2.05) is 31.3 Å². The Morgan fingerprint density at radius 2 is 1.80 bits per heavy atom. The summed E-state index contributed by atoms with van der Waals surface area (Å²) in [5.41, 5.74) is 9.25. The minimum absolute atomic E-state index is 0.520. The molecule has 20 heavy (non-hydrogen) atoms. The number of thioether (sulfide) groups is 1. The molecule has 2 rings (SSSR count). The van der Waals surface area contributed by atoms with Crippen LogP contribution in [0.2, 0.25) is 0 Å². The van der Waals surface area contributed by atoms with Crippen LogP contribution in [-0.4, -0.2) is 20.4 Å². The van der Waals surface area contributed by atoms with Crippen LogP contribution in [0.4, 0.5) is 11.4 Å². The molecule has 4 heteroatoms. The number of nitrogens with zero attached hydrogens (tertiary/aromatic N) is 1. The van der Waals surface area contributed by atoms with Crippen LogP contribution >= 0.6 is 11.8 Å². The van der Waals surface area contributed by atoms with Gasteiger partial charge in [-0.25, -0.2) is 0 Å². The highest BCUT2D eigenvalue weighted by atomic mass is 32.2. The van der Waals surface area contributed by atoms with Crippen LogP contribution in [0.25, 0.3) is 0 Å². The monoisotopic (exact) mass is 288 g/mol. The van der Waals surface area contributed by atoms with Crippen LogP contribution in [0.15, 0.2) is 47.4 Å². The maximum Gasteiger partial charge on any atom is 0.142 e. The third-order valence-electron chi connectivity index (χ3n) is 3.34. The van der Waals surface area contributed by atoms with E-state index in [0.29, 0.717) is 6.54 Å². The first kappa shape index (κ1) is 14.8. The minimum atomic E-state index is 0.520. The zero-order valence-corrected chi connectivity index (χ0v) is 12.9. The maximum atomic E-state index is 5.94. The summed E-state index contributed by atoms with van der Waals surface area (Å²) in [5.74, 6) is 0.854. The predicted molar refractivity (Wildman–Crippen MR) is 87.2 cm³/mol. The van der Waals surface area contributed by atoms with Gasteiger partial charge in [0.2, 0.25) is 0 Å². The Balaban J connectivity index is 2.50. The van der Waals surface area contributed by atoms with Crippen molar-refractivity contribution in [2.75, 3.05) is 25.3 Å². The second-order valence-electron chi connectivity index (χ2n) is 4.39. The number of hydrogen-bond acceptors (Lipinski definition) is 4. The van der Waals surface area contributed by atoms with E-state index in [0.717, 1.165) is 22.7 Å². The van der Waals surface area contributed by atoms with Gasteiger partial charge >= 0.3 is 0 Å². The van der Waals surface area contributed by atoms with Gasteiger partial charge < -0.3 is 15.4 Å². The highest BCUT2D eigenvalue weighted by molar-refractivity contribution is 7.98. The summed E-state index contributed by atoms with van der Waals surface area (Å²) in [6.45, 7) is 0.520. The molecule has 0 unspecified atom stereocenters. The van der Waals surface area contributed by atoms with Crippen LogP contribution in [0, 0.1) is 0 Å². The number of methoxy groups -OCH3 is 1. The van der Waals surface area contributed by atoms with Crippen molar-refractivity contribution >= 4 is 23.1 Å². The second kappa shape index (κ2) is 6.68. The molecule has 0 aliphatic heterocycles. The molecule has 3 nitrogen and oxygen atoms in total. The van der Waals surface area contributed by atoms with Crippen molar-refractivity contribution in [3.05, 3.63) is 48.0 Å². The summed E-state index contributed by atoms with van der Waals surface area (Å²) in [5, 5.41) is 0. The first-order chi connectivity index (χ1) is 9.72. The van der Waals surface area contributed by atoms with Crippen LogP contribution in [0.1, 0.15) is 5.56 Å². The molecule has 0 aromatic heterocycles. The quantitative estimate of drug-likeness (QED) is 0.852. The standard InChI is InChI=1S/C16H20N2OS/c1-18(14-7-4-5-9-15(14)19-2)13-8-6-10-16(20-3)12(13)11-17/h4-10H,11,17H2,1-3H3. The van der Waals surface area contributed by atoms with E-state index in [1.165, 1.54) is 4.90 Å². The molecule has 0 heterocycles. The molecule has 0 saturated carbocycles. The van der Waals surface area contributed by atoms with Gasteiger partial charge in [0.15, 0.2) is 0 Å². The van der Waals surface area contributed by atoms with Crippen LogP contribution in [0.3, 0.4) is 0 Å². The normalized spacial score (nSPS) is 10.4. The molecule has 0 bridgehead atoms. The molecular formula is C16H20N2OS. The largest absolute Gasteiger partial charge is 0.495 e. The lowest BCUT2D eigenvalue weighted by molar-refractivity contribution is 0.415. The number of hydrogen-bond donors (Lipinski definition) is 1. The lowest BCUT2D eigenvalue weighted by Gasteiger charge is -2.25. The Morgan fingerprint density at radius 3 is 2.45 bits per heavy atom. The van der Waals surface area contributed by atoms with Gasteiger partial charge in [0.25, 0.3) is 0 Å². The molecular weight excluding hydrogens is 268 g/mol. The van der Waals surface area contributed by atoms with E-state index in [-0.39, 0.29) is 0 Å². The molecule has 0 saturated heterocycles. The van der Waals surface area contributed by atoms with Crippen molar-refractivity contribution in [3.8, 4) is 5.75 Å². The van der Waals surface area contributed by atoms with E-state index >= 15 is 0 Å². The molecule has 0 atom stereocenters. The predicted octanol–water partition coefficient (Wildman–Crippen LogP) is 3.64. The molecule has 0 fully saturated rings. The molecule has 0 spiro atoms. The van der Waals surface area contributed by atoms with Gasteiger partial charge in [0.1, 0.15) is 5.75 Å². The smallest absolute Gasteiger partial charge is 0.142 e. The Labute approximate surface area is 124 Å². The number of ether oxygens (including phenoxy) is 1. The van der Waals surface area contributed by atoms with Crippen LogP contribution in [-0.2, 0) is 6.54 Å². The number of anilines is 2. The van der Waals surface area contributed by atoms with E-state index in [9.17, 15) is 0 Å². The van der Waals surface area contributed by atoms with E-state index < -0.39 is 0 Å². The Kier molecular flexibility index (Phi) is 4.93. The van der Waals surface area contributed by atoms with Crippen molar-refractivity contribution in [1.82, 2.24) is 0 Å². The summed E-state index contributed by atoms with van der Waals surface area (Å²) < 4.78 is 5.44. The fourth-order valence-corrected chi connectivity index (χ4v) is 2.95. The molecule has 0 radical (unpaired) electrons. The Morgan fingerprint density at radius 1 is 1.10 bits per heavy atom.